The maximum Gasteiger partial charge on any atom is 0.138 e. The predicted octanol–water partition coefficient (Wildman–Crippen LogP) is 3.53. The van der Waals surface area contributed by atoms with Crippen LogP contribution < -0.4 is 4.74 Å². The minimum atomic E-state index is -0.685. The highest BCUT2D eigenvalue weighted by atomic mass is 16.5. The number of hydrogen-bond acceptors (Lipinski definition) is 5. The van der Waals surface area contributed by atoms with E-state index in [0.717, 1.165) is 11.1 Å². The lowest BCUT2D eigenvalue weighted by Gasteiger charge is -2.25. The summed E-state index contributed by atoms with van der Waals surface area (Å²) in [7, 11) is 1.61. The van der Waals surface area contributed by atoms with E-state index in [1.54, 1.807) is 25.4 Å². The third-order valence-corrected chi connectivity index (χ3v) is 4.40. The lowest BCUT2D eigenvalue weighted by Crippen LogP contribution is -2.28. The van der Waals surface area contributed by atoms with Gasteiger partial charge >= 0.3 is 0 Å². The van der Waals surface area contributed by atoms with Gasteiger partial charge < -0.3 is 14.9 Å². The maximum atomic E-state index is 10.8. The number of aliphatic hydroxyl groups is 1. The van der Waals surface area contributed by atoms with Crippen LogP contribution in [0.25, 0.3) is 0 Å². The van der Waals surface area contributed by atoms with Gasteiger partial charge in [-0.3, -0.25) is 9.88 Å². The highest BCUT2D eigenvalue weighted by molar-refractivity contribution is 5.30. The summed E-state index contributed by atoms with van der Waals surface area (Å²) in [5.74, 6) is 0.870. The number of pyridine rings is 1. The summed E-state index contributed by atoms with van der Waals surface area (Å²) in [5.41, 5.74) is 2.51. The molecular weight excluding hydrogens is 340 g/mol. The van der Waals surface area contributed by atoms with Crippen LogP contribution in [-0.2, 0) is 13.1 Å². The van der Waals surface area contributed by atoms with Crippen LogP contribution in [0.2, 0.25) is 0 Å². The van der Waals surface area contributed by atoms with Crippen LogP contribution in [0.3, 0.4) is 0 Å². The van der Waals surface area contributed by atoms with Crippen molar-refractivity contribution < 1.29 is 14.9 Å². The number of aliphatic hydroxyl groups excluding tert-OH is 1. The van der Waals surface area contributed by atoms with Crippen LogP contribution in [0.15, 0.2) is 72.9 Å². The van der Waals surface area contributed by atoms with Crippen LogP contribution in [0.4, 0.5) is 0 Å². The van der Waals surface area contributed by atoms with Crippen molar-refractivity contribution in [1.82, 2.24) is 9.88 Å². The van der Waals surface area contributed by atoms with Crippen molar-refractivity contribution in [1.29, 1.82) is 0 Å². The molecule has 0 aliphatic carbocycles. The first-order chi connectivity index (χ1) is 13.2. The fourth-order valence-electron chi connectivity index (χ4n) is 2.99. The summed E-state index contributed by atoms with van der Waals surface area (Å²) >= 11 is 0. The quantitative estimate of drug-likeness (QED) is 0.640. The molecule has 0 bridgehead atoms. The van der Waals surface area contributed by atoms with E-state index >= 15 is 0 Å². The number of benzene rings is 2. The lowest BCUT2D eigenvalue weighted by molar-refractivity contribution is 0.103. The highest BCUT2D eigenvalue weighted by Crippen LogP contribution is 2.23. The van der Waals surface area contributed by atoms with E-state index in [1.807, 2.05) is 54.6 Å². The van der Waals surface area contributed by atoms with Gasteiger partial charge in [0.25, 0.3) is 0 Å². The zero-order valence-electron chi connectivity index (χ0n) is 15.3. The molecule has 0 aliphatic heterocycles. The van der Waals surface area contributed by atoms with Gasteiger partial charge in [0, 0.05) is 25.8 Å². The van der Waals surface area contributed by atoms with Crippen molar-refractivity contribution in [2.45, 2.75) is 19.2 Å². The molecule has 0 amide bonds. The minimum Gasteiger partial charge on any atom is -0.506 e. The van der Waals surface area contributed by atoms with Gasteiger partial charge in [-0.1, -0.05) is 42.5 Å². The standard InChI is InChI=1S/C22H24N2O3/c1-27-19-10-5-9-18(13-19)22(26)16-24(14-17-7-3-2-4-8-17)15-20-21(25)11-6-12-23-20/h2-13,22,25-26H,14-16H2,1H3. The number of methoxy groups -OCH3 is 1. The van der Waals surface area contributed by atoms with Crippen molar-refractivity contribution in [2.24, 2.45) is 0 Å². The molecule has 1 aromatic heterocycles. The topological polar surface area (TPSA) is 65.8 Å². The molecule has 1 atom stereocenters. The summed E-state index contributed by atoms with van der Waals surface area (Å²) in [6, 6.07) is 20.8. The molecule has 0 spiro atoms. The first kappa shape index (κ1) is 18.9. The van der Waals surface area contributed by atoms with Gasteiger partial charge in [-0.25, -0.2) is 0 Å². The average Bonchev–Trinajstić information content (AvgIpc) is 2.70. The van der Waals surface area contributed by atoms with Crippen LogP contribution in [0, 0.1) is 0 Å². The Bertz CT molecular complexity index is 855. The molecule has 1 unspecified atom stereocenters. The number of rotatable bonds is 8. The first-order valence-corrected chi connectivity index (χ1v) is 8.87. The largest absolute Gasteiger partial charge is 0.506 e. The molecule has 27 heavy (non-hydrogen) atoms. The second-order valence-corrected chi connectivity index (χ2v) is 6.42. The fraction of sp³-hybridized carbons (Fsp3) is 0.227. The highest BCUT2D eigenvalue weighted by Gasteiger charge is 2.17. The van der Waals surface area contributed by atoms with Gasteiger partial charge in [-0.2, -0.15) is 0 Å². The second-order valence-electron chi connectivity index (χ2n) is 6.42. The molecule has 0 radical (unpaired) electrons. The molecule has 0 saturated heterocycles. The first-order valence-electron chi connectivity index (χ1n) is 8.87. The van der Waals surface area contributed by atoms with Gasteiger partial charge in [0.15, 0.2) is 0 Å². The second kappa shape index (κ2) is 9.16. The van der Waals surface area contributed by atoms with Crippen LogP contribution in [0.1, 0.15) is 22.9 Å². The third-order valence-electron chi connectivity index (χ3n) is 4.40. The number of aromatic hydroxyl groups is 1. The van der Waals surface area contributed by atoms with E-state index < -0.39 is 6.10 Å². The number of hydrogen-bond donors (Lipinski definition) is 2. The summed E-state index contributed by atoms with van der Waals surface area (Å²) < 4.78 is 5.25. The van der Waals surface area contributed by atoms with Crippen molar-refractivity contribution in [3.63, 3.8) is 0 Å². The molecule has 1 heterocycles. The van der Waals surface area contributed by atoms with Gasteiger partial charge in [0.05, 0.1) is 18.9 Å². The molecule has 2 aromatic carbocycles. The smallest absolute Gasteiger partial charge is 0.138 e. The molecule has 2 N–H and O–H groups in total. The van der Waals surface area contributed by atoms with Crippen LogP contribution in [0.5, 0.6) is 11.5 Å². The van der Waals surface area contributed by atoms with E-state index in [-0.39, 0.29) is 5.75 Å². The third kappa shape index (κ3) is 5.29. The monoisotopic (exact) mass is 364 g/mol. The maximum absolute atomic E-state index is 10.8. The molecule has 0 fully saturated rings. The lowest BCUT2D eigenvalue weighted by atomic mass is 10.1. The van der Waals surface area contributed by atoms with Crippen molar-refractivity contribution in [3.05, 3.63) is 89.7 Å². The zero-order valence-corrected chi connectivity index (χ0v) is 15.3. The summed E-state index contributed by atoms with van der Waals surface area (Å²) in [6.45, 7) is 1.47. The molecular formula is C22H24N2O3. The molecule has 5 heteroatoms. The van der Waals surface area contributed by atoms with E-state index in [0.29, 0.717) is 31.1 Å². The van der Waals surface area contributed by atoms with E-state index in [1.165, 1.54) is 0 Å². The molecule has 5 nitrogen and oxygen atoms in total. The number of ether oxygens (including phenoxy) is 1. The summed E-state index contributed by atoms with van der Waals surface area (Å²) in [4.78, 5) is 6.34. The Labute approximate surface area is 159 Å². The Morgan fingerprint density at radius 3 is 2.56 bits per heavy atom. The molecule has 0 aliphatic rings. The summed E-state index contributed by atoms with van der Waals surface area (Å²) in [6.07, 6.45) is 0.975. The van der Waals surface area contributed by atoms with Crippen molar-refractivity contribution in [3.8, 4) is 11.5 Å². The van der Waals surface area contributed by atoms with Gasteiger partial charge in [-0.05, 0) is 35.4 Å². The van der Waals surface area contributed by atoms with Crippen molar-refractivity contribution >= 4 is 0 Å². The van der Waals surface area contributed by atoms with Crippen molar-refractivity contribution in [2.75, 3.05) is 13.7 Å². The van der Waals surface area contributed by atoms with Gasteiger partial charge in [0.1, 0.15) is 11.5 Å². The Morgan fingerprint density at radius 1 is 1.00 bits per heavy atom. The molecule has 3 aromatic rings. The Kier molecular flexibility index (Phi) is 6.41. The predicted molar refractivity (Wildman–Crippen MR) is 104 cm³/mol. The Morgan fingerprint density at radius 2 is 1.81 bits per heavy atom. The average molecular weight is 364 g/mol. The van der Waals surface area contributed by atoms with Crippen LogP contribution >= 0.6 is 0 Å². The number of aromatic nitrogens is 1. The van der Waals surface area contributed by atoms with Gasteiger partial charge in [-0.15, -0.1) is 0 Å². The fourth-order valence-corrected chi connectivity index (χ4v) is 2.99. The summed E-state index contributed by atoms with van der Waals surface area (Å²) in [5, 5.41) is 20.8. The van der Waals surface area contributed by atoms with E-state index in [2.05, 4.69) is 9.88 Å². The van der Waals surface area contributed by atoms with E-state index in [9.17, 15) is 10.2 Å². The molecule has 140 valence electrons. The van der Waals surface area contributed by atoms with Gasteiger partial charge in [0.2, 0.25) is 0 Å². The Hall–Kier alpha value is -2.89. The molecule has 3 rings (SSSR count). The minimum absolute atomic E-state index is 0.159. The normalized spacial score (nSPS) is 12.1. The molecule has 0 saturated carbocycles. The van der Waals surface area contributed by atoms with E-state index in [4.69, 9.17) is 4.74 Å². The van der Waals surface area contributed by atoms with Crippen LogP contribution in [-0.4, -0.2) is 33.8 Å². The number of nitrogens with zero attached hydrogens (tertiary/aromatic N) is 2. The SMILES string of the molecule is COc1cccc(C(O)CN(Cc2ccccc2)Cc2ncccc2O)c1. The Balaban J connectivity index is 1.79. The zero-order chi connectivity index (χ0) is 19.1.